The van der Waals surface area contributed by atoms with E-state index in [9.17, 15) is 9.59 Å². The molecule has 0 aromatic carbocycles. The summed E-state index contributed by atoms with van der Waals surface area (Å²) in [4.78, 5) is 24.0. The maximum absolute atomic E-state index is 11.7. The summed E-state index contributed by atoms with van der Waals surface area (Å²) < 4.78 is 0. The van der Waals surface area contributed by atoms with Crippen LogP contribution in [0.3, 0.4) is 0 Å². The Hall–Kier alpha value is -1.06. The van der Waals surface area contributed by atoms with Crippen LogP contribution >= 0.6 is 0 Å². The van der Waals surface area contributed by atoms with Crippen LogP contribution in [0.5, 0.6) is 0 Å². The van der Waals surface area contributed by atoms with Gasteiger partial charge in [0, 0.05) is 19.0 Å². The Kier molecular flexibility index (Phi) is 3.92. The topological polar surface area (TPSA) is 57.6 Å². The molecule has 80 valence electrons. The molecule has 1 N–H and O–H groups in total. The van der Waals surface area contributed by atoms with Gasteiger partial charge >= 0.3 is 5.97 Å². The van der Waals surface area contributed by atoms with E-state index in [4.69, 9.17) is 5.11 Å². The van der Waals surface area contributed by atoms with Crippen LogP contribution in [0, 0.1) is 5.92 Å². The summed E-state index contributed by atoms with van der Waals surface area (Å²) in [7, 11) is 0. The number of hydrogen-bond donors (Lipinski definition) is 1. The number of amides is 1. The summed E-state index contributed by atoms with van der Waals surface area (Å²) in [5.41, 5.74) is 0. The Bertz CT molecular complexity index is 225. The van der Waals surface area contributed by atoms with Crippen LogP contribution in [0.25, 0.3) is 0 Å². The minimum Gasteiger partial charge on any atom is -0.481 e. The zero-order valence-corrected chi connectivity index (χ0v) is 8.53. The van der Waals surface area contributed by atoms with E-state index in [1.54, 1.807) is 4.90 Å². The highest BCUT2D eigenvalue weighted by Gasteiger charge is 2.29. The molecule has 0 aliphatic carbocycles. The second kappa shape index (κ2) is 4.98. The number of hydrogen-bond acceptors (Lipinski definition) is 2. The summed E-state index contributed by atoms with van der Waals surface area (Å²) >= 11 is 0. The van der Waals surface area contributed by atoms with E-state index < -0.39 is 5.97 Å². The van der Waals surface area contributed by atoms with Gasteiger partial charge in [0.2, 0.25) is 5.91 Å². The largest absolute Gasteiger partial charge is 0.481 e. The maximum atomic E-state index is 11.7. The third-order valence-electron chi connectivity index (χ3n) is 2.56. The third kappa shape index (κ3) is 2.72. The molecule has 1 aliphatic heterocycles. The van der Waals surface area contributed by atoms with Gasteiger partial charge in [-0.25, -0.2) is 0 Å². The molecule has 4 heteroatoms. The average Bonchev–Trinajstić information content (AvgIpc) is 2.11. The van der Waals surface area contributed by atoms with Crippen molar-refractivity contribution in [3.63, 3.8) is 0 Å². The van der Waals surface area contributed by atoms with Gasteiger partial charge in [-0.15, -0.1) is 0 Å². The van der Waals surface area contributed by atoms with Crippen LogP contribution in [-0.4, -0.2) is 35.0 Å². The predicted molar refractivity (Wildman–Crippen MR) is 51.8 cm³/mol. The number of nitrogens with zero attached hydrogens (tertiary/aromatic N) is 1. The number of aliphatic carboxylic acids is 1. The van der Waals surface area contributed by atoms with E-state index in [0.717, 1.165) is 32.4 Å². The molecule has 14 heavy (non-hydrogen) atoms. The molecular weight excluding hydrogens is 182 g/mol. The molecule has 1 fully saturated rings. The number of carbonyl (C=O) groups is 2. The van der Waals surface area contributed by atoms with Crippen molar-refractivity contribution in [3.8, 4) is 0 Å². The fourth-order valence-electron chi connectivity index (χ4n) is 1.91. The Morgan fingerprint density at radius 1 is 1.64 bits per heavy atom. The van der Waals surface area contributed by atoms with Gasteiger partial charge in [-0.1, -0.05) is 6.92 Å². The molecule has 0 bridgehead atoms. The van der Waals surface area contributed by atoms with Crippen molar-refractivity contribution < 1.29 is 14.7 Å². The molecule has 1 unspecified atom stereocenters. The SMILES string of the molecule is CCCN1CCCC(CC(=O)O)C1=O. The summed E-state index contributed by atoms with van der Waals surface area (Å²) in [6.07, 6.45) is 2.58. The molecule has 0 aromatic rings. The molecule has 0 aromatic heterocycles. The van der Waals surface area contributed by atoms with Gasteiger partial charge in [0.05, 0.1) is 6.42 Å². The summed E-state index contributed by atoms with van der Waals surface area (Å²) in [6.45, 7) is 3.58. The fraction of sp³-hybridized carbons (Fsp3) is 0.800. The van der Waals surface area contributed by atoms with Crippen molar-refractivity contribution in [2.24, 2.45) is 5.92 Å². The molecule has 0 spiro atoms. The lowest BCUT2D eigenvalue weighted by Crippen LogP contribution is -2.42. The number of carbonyl (C=O) groups excluding carboxylic acids is 1. The van der Waals surface area contributed by atoms with Gasteiger partial charge in [-0.3, -0.25) is 9.59 Å². The number of carboxylic acids is 1. The lowest BCUT2D eigenvalue weighted by molar-refractivity contribution is -0.146. The highest BCUT2D eigenvalue weighted by atomic mass is 16.4. The fourth-order valence-corrected chi connectivity index (χ4v) is 1.91. The number of piperidine rings is 1. The first-order valence-corrected chi connectivity index (χ1v) is 5.15. The molecule has 1 atom stereocenters. The van der Waals surface area contributed by atoms with Crippen molar-refractivity contribution in [2.45, 2.75) is 32.6 Å². The minimum atomic E-state index is -0.873. The van der Waals surface area contributed by atoms with Crippen molar-refractivity contribution in [1.82, 2.24) is 4.90 Å². The van der Waals surface area contributed by atoms with Gasteiger partial charge in [-0.2, -0.15) is 0 Å². The second-order valence-electron chi connectivity index (χ2n) is 3.76. The molecular formula is C10H17NO3. The molecule has 1 rings (SSSR count). The first-order chi connectivity index (χ1) is 6.65. The van der Waals surface area contributed by atoms with Gasteiger partial charge in [0.15, 0.2) is 0 Å². The van der Waals surface area contributed by atoms with E-state index in [2.05, 4.69) is 0 Å². The highest BCUT2D eigenvalue weighted by molar-refractivity contribution is 5.83. The van der Waals surface area contributed by atoms with E-state index in [1.165, 1.54) is 0 Å². The molecule has 4 nitrogen and oxygen atoms in total. The quantitative estimate of drug-likeness (QED) is 0.737. The summed E-state index contributed by atoms with van der Waals surface area (Å²) in [6, 6.07) is 0. The lowest BCUT2D eigenvalue weighted by Gasteiger charge is -2.31. The number of rotatable bonds is 4. The van der Waals surface area contributed by atoms with Crippen LogP contribution in [0.1, 0.15) is 32.6 Å². The van der Waals surface area contributed by atoms with Crippen molar-refractivity contribution in [1.29, 1.82) is 0 Å². The third-order valence-corrected chi connectivity index (χ3v) is 2.56. The highest BCUT2D eigenvalue weighted by Crippen LogP contribution is 2.21. The predicted octanol–water partition coefficient (Wildman–Crippen LogP) is 1.11. The molecule has 1 heterocycles. The molecule has 0 saturated carbocycles. The first kappa shape index (κ1) is 11.0. The van der Waals surface area contributed by atoms with Crippen LogP contribution in [0.15, 0.2) is 0 Å². The lowest BCUT2D eigenvalue weighted by atomic mass is 9.94. The number of likely N-dealkylation sites (tertiary alicyclic amines) is 1. The average molecular weight is 199 g/mol. The second-order valence-corrected chi connectivity index (χ2v) is 3.76. The van der Waals surface area contributed by atoms with Crippen LogP contribution in [0.4, 0.5) is 0 Å². The molecule has 1 saturated heterocycles. The van der Waals surface area contributed by atoms with Crippen molar-refractivity contribution >= 4 is 11.9 Å². The Morgan fingerprint density at radius 3 is 2.93 bits per heavy atom. The van der Waals surface area contributed by atoms with Crippen LogP contribution in [0.2, 0.25) is 0 Å². The van der Waals surface area contributed by atoms with E-state index >= 15 is 0 Å². The van der Waals surface area contributed by atoms with E-state index in [-0.39, 0.29) is 18.2 Å². The van der Waals surface area contributed by atoms with E-state index in [0.29, 0.717) is 0 Å². The smallest absolute Gasteiger partial charge is 0.304 e. The van der Waals surface area contributed by atoms with E-state index in [1.807, 2.05) is 6.92 Å². The Labute approximate surface area is 83.9 Å². The molecule has 0 radical (unpaired) electrons. The maximum Gasteiger partial charge on any atom is 0.304 e. The van der Waals surface area contributed by atoms with Crippen LogP contribution < -0.4 is 0 Å². The summed E-state index contributed by atoms with van der Waals surface area (Å²) in [5.74, 6) is -1.13. The Morgan fingerprint density at radius 2 is 2.36 bits per heavy atom. The molecule has 1 amide bonds. The van der Waals surface area contributed by atoms with Crippen molar-refractivity contribution in [3.05, 3.63) is 0 Å². The summed E-state index contributed by atoms with van der Waals surface area (Å²) in [5, 5.41) is 8.63. The van der Waals surface area contributed by atoms with Crippen LogP contribution in [-0.2, 0) is 9.59 Å². The zero-order valence-electron chi connectivity index (χ0n) is 8.53. The van der Waals surface area contributed by atoms with Gasteiger partial charge in [-0.05, 0) is 19.3 Å². The van der Waals surface area contributed by atoms with Gasteiger partial charge in [0.25, 0.3) is 0 Å². The zero-order chi connectivity index (χ0) is 10.6. The monoisotopic (exact) mass is 199 g/mol. The standard InChI is InChI=1S/C10H17NO3/c1-2-5-11-6-3-4-8(10(11)14)7-9(12)13/h8H,2-7H2,1H3,(H,12,13). The van der Waals surface area contributed by atoms with Gasteiger partial charge < -0.3 is 10.0 Å². The minimum absolute atomic E-state index is 0.0148. The number of carboxylic acid groups (broad SMARTS) is 1. The van der Waals surface area contributed by atoms with Gasteiger partial charge in [0.1, 0.15) is 0 Å². The Balaban J connectivity index is 2.52. The normalized spacial score (nSPS) is 22.5. The molecule has 1 aliphatic rings. The van der Waals surface area contributed by atoms with Crippen molar-refractivity contribution in [2.75, 3.05) is 13.1 Å². The first-order valence-electron chi connectivity index (χ1n) is 5.15.